The zero-order valence-corrected chi connectivity index (χ0v) is 15.7. The number of sulfone groups is 1. The second-order valence-corrected chi connectivity index (χ2v) is 8.78. The van der Waals surface area contributed by atoms with Gasteiger partial charge in [-0.25, -0.2) is 12.8 Å². The topological polar surface area (TPSA) is 83.0 Å². The first kappa shape index (κ1) is 18.9. The molecule has 2 fully saturated rings. The summed E-state index contributed by atoms with van der Waals surface area (Å²) in [6.07, 6.45) is 0.575. The highest BCUT2D eigenvalue weighted by Crippen LogP contribution is 2.21. The van der Waals surface area contributed by atoms with Gasteiger partial charge in [-0.05, 0) is 24.1 Å². The molecule has 2 heterocycles. The van der Waals surface area contributed by atoms with Crippen LogP contribution in [0, 0.1) is 5.82 Å². The summed E-state index contributed by atoms with van der Waals surface area (Å²) in [6, 6.07) is 5.06. The number of aliphatic imine (C=N–C) groups is 1. The van der Waals surface area contributed by atoms with E-state index in [1.54, 1.807) is 13.1 Å². The van der Waals surface area contributed by atoms with E-state index in [1.807, 2.05) is 11.0 Å². The van der Waals surface area contributed by atoms with Crippen molar-refractivity contribution in [3.05, 3.63) is 29.6 Å². The molecule has 2 aliphatic rings. The fraction of sp³-hybridized carbons (Fsp3) is 0.588. The van der Waals surface area contributed by atoms with Crippen LogP contribution in [0.25, 0.3) is 0 Å². The normalized spacial score (nSPS) is 23.1. The molecule has 7 nitrogen and oxygen atoms in total. The molecule has 0 radical (unpaired) electrons. The Labute approximate surface area is 153 Å². The van der Waals surface area contributed by atoms with Crippen LogP contribution >= 0.6 is 0 Å². The molecule has 1 atom stereocenters. The van der Waals surface area contributed by atoms with Crippen molar-refractivity contribution >= 4 is 21.5 Å². The van der Waals surface area contributed by atoms with Crippen LogP contribution in [0.4, 0.5) is 10.1 Å². The summed E-state index contributed by atoms with van der Waals surface area (Å²) in [7, 11) is -1.32. The van der Waals surface area contributed by atoms with E-state index in [4.69, 9.17) is 4.74 Å². The Bertz CT molecular complexity index is 763. The van der Waals surface area contributed by atoms with Gasteiger partial charge in [-0.3, -0.25) is 4.99 Å². The second kappa shape index (κ2) is 8.22. The lowest BCUT2D eigenvalue weighted by Gasteiger charge is -2.29. The van der Waals surface area contributed by atoms with Crippen molar-refractivity contribution < 1.29 is 17.5 Å². The summed E-state index contributed by atoms with van der Waals surface area (Å²) >= 11 is 0. The Morgan fingerprint density at radius 2 is 2.15 bits per heavy atom. The van der Waals surface area contributed by atoms with Crippen molar-refractivity contribution in [2.24, 2.45) is 4.99 Å². The number of benzene rings is 1. The summed E-state index contributed by atoms with van der Waals surface area (Å²) < 4.78 is 42.8. The number of hydrogen-bond acceptors (Lipinski definition) is 5. The number of nitrogens with zero attached hydrogens (tertiary/aromatic N) is 2. The van der Waals surface area contributed by atoms with E-state index in [0.717, 1.165) is 5.56 Å². The quantitative estimate of drug-likeness (QED) is 0.582. The van der Waals surface area contributed by atoms with Gasteiger partial charge in [0.25, 0.3) is 0 Å². The van der Waals surface area contributed by atoms with Crippen molar-refractivity contribution in [1.82, 2.24) is 10.6 Å². The Balaban J connectivity index is 1.55. The minimum Gasteiger partial charge on any atom is -0.378 e. The van der Waals surface area contributed by atoms with Crippen molar-refractivity contribution in [2.45, 2.75) is 19.0 Å². The van der Waals surface area contributed by atoms with Crippen LogP contribution in [0.2, 0.25) is 0 Å². The smallest absolute Gasteiger partial charge is 0.191 e. The van der Waals surface area contributed by atoms with Crippen molar-refractivity contribution in [1.29, 1.82) is 0 Å². The number of hydrogen-bond donors (Lipinski definition) is 2. The second-order valence-electron chi connectivity index (χ2n) is 6.56. The SMILES string of the molecule is CN=C(NCc1ccc(N2CCOCC2)c(F)c1)NC1CCS(=O)(=O)C1. The Morgan fingerprint density at radius 3 is 2.77 bits per heavy atom. The fourth-order valence-corrected chi connectivity index (χ4v) is 4.88. The molecule has 144 valence electrons. The molecular weight excluding hydrogens is 359 g/mol. The zero-order chi connectivity index (χ0) is 18.6. The number of halogens is 1. The summed E-state index contributed by atoms with van der Waals surface area (Å²) in [5.41, 5.74) is 1.39. The highest BCUT2D eigenvalue weighted by atomic mass is 32.2. The van der Waals surface area contributed by atoms with E-state index >= 15 is 0 Å². The molecule has 1 unspecified atom stereocenters. The monoisotopic (exact) mass is 384 g/mol. The highest BCUT2D eigenvalue weighted by molar-refractivity contribution is 7.91. The standard InChI is InChI=1S/C17H25FN4O3S/c1-19-17(21-14-4-9-26(23,24)12-14)20-11-13-2-3-16(15(18)10-13)22-5-7-25-8-6-22/h2-3,10,14H,4-9,11-12H2,1H3,(H2,19,20,21). The number of ether oxygens (including phenoxy) is 1. The van der Waals surface area contributed by atoms with Crippen molar-refractivity contribution in [2.75, 3.05) is 49.8 Å². The van der Waals surface area contributed by atoms with Crippen molar-refractivity contribution in [3.8, 4) is 0 Å². The first-order chi connectivity index (χ1) is 12.5. The first-order valence-electron chi connectivity index (χ1n) is 8.75. The molecule has 3 rings (SSSR count). The van der Waals surface area contributed by atoms with E-state index in [9.17, 15) is 12.8 Å². The fourth-order valence-electron chi connectivity index (χ4n) is 3.20. The molecule has 2 N–H and O–H groups in total. The summed E-state index contributed by atoms with van der Waals surface area (Å²) in [4.78, 5) is 6.09. The van der Waals surface area contributed by atoms with Gasteiger partial charge < -0.3 is 20.3 Å². The van der Waals surface area contributed by atoms with Gasteiger partial charge in [0.15, 0.2) is 15.8 Å². The molecule has 26 heavy (non-hydrogen) atoms. The highest BCUT2D eigenvalue weighted by Gasteiger charge is 2.28. The lowest BCUT2D eigenvalue weighted by atomic mass is 10.1. The van der Waals surface area contributed by atoms with Gasteiger partial charge in [-0.15, -0.1) is 0 Å². The number of morpholine rings is 1. The van der Waals surface area contributed by atoms with E-state index < -0.39 is 9.84 Å². The third-order valence-electron chi connectivity index (χ3n) is 4.62. The molecule has 0 aliphatic carbocycles. The van der Waals surface area contributed by atoms with E-state index in [2.05, 4.69) is 15.6 Å². The molecule has 2 aliphatic heterocycles. The van der Waals surface area contributed by atoms with Gasteiger partial charge in [0.05, 0.1) is 30.4 Å². The van der Waals surface area contributed by atoms with Gasteiger partial charge in [-0.2, -0.15) is 0 Å². The molecule has 0 aromatic heterocycles. The van der Waals surface area contributed by atoms with Gasteiger partial charge in [0.1, 0.15) is 5.82 Å². The van der Waals surface area contributed by atoms with Crippen molar-refractivity contribution in [3.63, 3.8) is 0 Å². The van der Waals surface area contributed by atoms with Gasteiger partial charge >= 0.3 is 0 Å². The van der Waals surface area contributed by atoms with Crippen LogP contribution < -0.4 is 15.5 Å². The number of nitrogens with one attached hydrogen (secondary N) is 2. The average Bonchev–Trinajstić information content (AvgIpc) is 2.98. The van der Waals surface area contributed by atoms with E-state index in [-0.39, 0.29) is 23.4 Å². The molecule has 9 heteroatoms. The maximum Gasteiger partial charge on any atom is 0.191 e. The molecule has 0 amide bonds. The lowest BCUT2D eigenvalue weighted by molar-refractivity contribution is 0.122. The molecule has 0 saturated carbocycles. The number of rotatable bonds is 4. The third-order valence-corrected chi connectivity index (χ3v) is 6.39. The number of anilines is 1. The Morgan fingerprint density at radius 1 is 1.38 bits per heavy atom. The minimum absolute atomic E-state index is 0.122. The molecule has 1 aromatic carbocycles. The predicted octanol–water partition coefficient (Wildman–Crippen LogP) is 0.514. The number of guanidine groups is 1. The maximum absolute atomic E-state index is 14.4. The lowest BCUT2D eigenvalue weighted by Crippen LogP contribution is -2.43. The van der Waals surface area contributed by atoms with Gasteiger partial charge in [0.2, 0.25) is 0 Å². The molecule has 0 spiro atoms. The zero-order valence-electron chi connectivity index (χ0n) is 14.9. The van der Waals surface area contributed by atoms with Gasteiger partial charge in [-0.1, -0.05) is 6.07 Å². The third kappa shape index (κ3) is 4.85. The van der Waals surface area contributed by atoms with Crippen LogP contribution in [-0.2, 0) is 21.1 Å². The summed E-state index contributed by atoms with van der Waals surface area (Å²) in [6.45, 7) is 3.01. The van der Waals surface area contributed by atoms with Crippen LogP contribution in [0.3, 0.4) is 0 Å². The molecule has 1 aromatic rings. The molecule has 0 bridgehead atoms. The largest absolute Gasteiger partial charge is 0.378 e. The van der Waals surface area contributed by atoms with Gasteiger partial charge in [0, 0.05) is 32.7 Å². The Hall–Kier alpha value is -1.87. The van der Waals surface area contributed by atoms with E-state index in [1.165, 1.54) is 6.07 Å². The van der Waals surface area contributed by atoms with Crippen LogP contribution in [-0.4, -0.2) is 65.3 Å². The minimum atomic E-state index is -2.95. The summed E-state index contributed by atoms with van der Waals surface area (Å²) in [5, 5.41) is 6.22. The first-order valence-corrected chi connectivity index (χ1v) is 10.6. The average molecular weight is 384 g/mol. The van der Waals surface area contributed by atoms with E-state index in [0.29, 0.717) is 50.9 Å². The maximum atomic E-state index is 14.4. The van der Waals surface area contributed by atoms with Crippen LogP contribution in [0.15, 0.2) is 23.2 Å². The van der Waals surface area contributed by atoms with Crippen LogP contribution in [0.1, 0.15) is 12.0 Å². The Kier molecular flexibility index (Phi) is 5.98. The molecular formula is C17H25FN4O3S. The van der Waals surface area contributed by atoms with Crippen LogP contribution in [0.5, 0.6) is 0 Å². The molecule has 2 saturated heterocycles. The predicted molar refractivity (Wildman–Crippen MR) is 99.8 cm³/mol. The summed E-state index contributed by atoms with van der Waals surface area (Å²) in [5.74, 6) is 0.590.